The number of aliphatic hydroxyl groups is 1. The molecule has 2 atom stereocenters. The number of rotatable bonds is 5. The fraction of sp³-hybridized carbons (Fsp3) is 0.429. The summed E-state index contributed by atoms with van der Waals surface area (Å²) in [6.45, 7) is 2.68. The summed E-state index contributed by atoms with van der Waals surface area (Å²) in [4.78, 5) is 8.22. The van der Waals surface area contributed by atoms with Gasteiger partial charge < -0.3 is 10.0 Å². The lowest BCUT2D eigenvalue weighted by atomic mass is 9.75. The molecular weight excluding hydrogens is 343 g/mol. The van der Waals surface area contributed by atoms with E-state index < -0.39 is 5.60 Å². The van der Waals surface area contributed by atoms with Gasteiger partial charge in [-0.05, 0) is 49.8 Å². The van der Waals surface area contributed by atoms with Crippen LogP contribution in [0.4, 0.5) is 4.39 Å². The van der Waals surface area contributed by atoms with Crippen molar-refractivity contribution >= 4 is 0 Å². The Balaban J connectivity index is 1.83. The second-order valence-electron chi connectivity index (χ2n) is 7.57. The second-order valence-corrected chi connectivity index (χ2v) is 7.57. The third kappa shape index (κ3) is 4.51. The number of halogens is 1. The van der Waals surface area contributed by atoms with Crippen LogP contribution in [0.5, 0.6) is 0 Å². The van der Waals surface area contributed by atoms with Crippen LogP contribution in [0.3, 0.4) is 0 Å². The predicted molar refractivity (Wildman–Crippen MR) is 101 cm³/mol. The van der Waals surface area contributed by atoms with Crippen molar-refractivity contribution in [2.45, 2.75) is 18.6 Å². The number of pyridine rings is 1. The summed E-state index contributed by atoms with van der Waals surface area (Å²) < 4.78 is 13.4. The molecule has 5 nitrogen and oxygen atoms in total. The smallest absolute Gasteiger partial charge is 0.141 e. The SMILES string of the molecule is CN(C)C[C@H]1CN(Cc2cncc(F)c2)CC[C@]1(O)c1cccc(C#N)c1. The maximum atomic E-state index is 13.4. The van der Waals surface area contributed by atoms with Gasteiger partial charge in [0.2, 0.25) is 0 Å². The van der Waals surface area contributed by atoms with E-state index in [1.165, 1.54) is 12.3 Å². The minimum atomic E-state index is -0.992. The van der Waals surface area contributed by atoms with Crippen molar-refractivity contribution in [1.29, 1.82) is 5.26 Å². The molecule has 6 heteroatoms. The Hall–Kier alpha value is -2.33. The number of nitriles is 1. The molecule has 27 heavy (non-hydrogen) atoms. The van der Waals surface area contributed by atoms with Crippen LogP contribution in [0.15, 0.2) is 42.7 Å². The van der Waals surface area contributed by atoms with Gasteiger partial charge in [0.1, 0.15) is 5.82 Å². The van der Waals surface area contributed by atoms with Gasteiger partial charge in [0.25, 0.3) is 0 Å². The Morgan fingerprint density at radius 3 is 2.89 bits per heavy atom. The van der Waals surface area contributed by atoms with E-state index in [-0.39, 0.29) is 11.7 Å². The Morgan fingerprint density at radius 2 is 2.19 bits per heavy atom. The van der Waals surface area contributed by atoms with Gasteiger partial charge in [-0.3, -0.25) is 9.88 Å². The predicted octanol–water partition coefficient (Wildman–Crippen LogP) is 2.36. The van der Waals surface area contributed by atoms with E-state index in [0.717, 1.165) is 11.1 Å². The Kier molecular flexibility index (Phi) is 5.85. The minimum Gasteiger partial charge on any atom is -0.385 e. The number of benzene rings is 1. The maximum absolute atomic E-state index is 13.4. The summed E-state index contributed by atoms with van der Waals surface area (Å²) in [5, 5.41) is 20.8. The number of nitrogens with zero attached hydrogens (tertiary/aromatic N) is 4. The topological polar surface area (TPSA) is 63.4 Å². The van der Waals surface area contributed by atoms with Crippen molar-refractivity contribution < 1.29 is 9.50 Å². The third-order valence-corrected chi connectivity index (χ3v) is 5.21. The first-order valence-electron chi connectivity index (χ1n) is 9.10. The number of aromatic nitrogens is 1. The van der Waals surface area contributed by atoms with Crippen LogP contribution in [0.25, 0.3) is 0 Å². The monoisotopic (exact) mass is 368 g/mol. The molecule has 0 unspecified atom stereocenters. The fourth-order valence-corrected chi connectivity index (χ4v) is 3.92. The highest BCUT2D eigenvalue weighted by molar-refractivity contribution is 5.36. The molecule has 1 aromatic carbocycles. The van der Waals surface area contributed by atoms with E-state index in [0.29, 0.717) is 38.2 Å². The molecule has 3 rings (SSSR count). The number of hydrogen-bond donors (Lipinski definition) is 1. The third-order valence-electron chi connectivity index (χ3n) is 5.21. The van der Waals surface area contributed by atoms with Gasteiger partial charge in [-0.15, -0.1) is 0 Å². The molecule has 0 radical (unpaired) electrons. The van der Waals surface area contributed by atoms with Gasteiger partial charge in [0.05, 0.1) is 23.4 Å². The summed E-state index contributed by atoms with van der Waals surface area (Å²) in [7, 11) is 3.98. The van der Waals surface area contributed by atoms with Crippen LogP contribution in [0.2, 0.25) is 0 Å². The molecule has 2 aromatic rings. The molecular formula is C21H25FN4O. The van der Waals surface area contributed by atoms with Crippen molar-refractivity contribution in [3.05, 3.63) is 65.2 Å². The van der Waals surface area contributed by atoms with Gasteiger partial charge in [0.15, 0.2) is 0 Å². The van der Waals surface area contributed by atoms with Gasteiger partial charge >= 0.3 is 0 Å². The molecule has 1 aliphatic heterocycles. The summed E-state index contributed by atoms with van der Waals surface area (Å²) in [5.41, 5.74) is 1.18. The van der Waals surface area contributed by atoms with E-state index in [1.54, 1.807) is 18.3 Å². The maximum Gasteiger partial charge on any atom is 0.141 e. The van der Waals surface area contributed by atoms with Crippen LogP contribution >= 0.6 is 0 Å². The van der Waals surface area contributed by atoms with E-state index >= 15 is 0 Å². The van der Waals surface area contributed by atoms with Gasteiger partial charge in [-0.2, -0.15) is 5.26 Å². The summed E-state index contributed by atoms with van der Waals surface area (Å²) >= 11 is 0. The molecule has 142 valence electrons. The quantitative estimate of drug-likeness (QED) is 0.878. The van der Waals surface area contributed by atoms with E-state index in [1.807, 2.05) is 26.2 Å². The van der Waals surface area contributed by atoms with Gasteiger partial charge in [0, 0.05) is 38.3 Å². The first-order valence-corrected chi connectivity index (χ1v) is 9.10. The highest BCUT2D eigenvalue weighted by Crippen LogP contribution is 2.38. The van der Waals surface area contributed by atoms with E-state index in [2.05, 4.69) is 20.9 Å². The minimum absolute atomic E-state index is 0.0308. The molecule has 1 aromatic heterocycles. The largest absolute Gasteiger partial charge is 0.385 e. The van der Waals surface area contributed by atoms with Crippen molar-refractivity contribution in [1.82, 2.24) is 14.8 Å². The molecule has 0 spiro atoms. The summed E-state index contributed by atoms with van der Waals surface area (Å²) in [6.07, 6.45) is 3.44. The summed E-state index contributed by atoms with van der Waals surface area (Å²) in [5.74, 6) is -0.365. The normalized spacial score (nSPS) is 23.3. The summed E-state index contributed by atoms with van der Waals surface area (Å²) in [6, 6.07) is 10.9. The van der Waals surface area contributed by atoms with Gasteiger partial charge in [-0.25, -0.2) is 4.39 Å². The van der Waals surface area contributed by atoms with Crippen molar-refractivity contribution in [2.24, 2.45) is 5.92 Å². The molecule has 2 heterocycles. The fourth-order valence-electron chi connectivity index (χ4n) is 3.92. The molecule has 1 fully saturated rings. The van der Waals surface area contributed by atoms with Gasteiger partial charge in [-0.1, -0.05) is 12.1 Å². The number of hydrogen-bond acceptors (Lipinski definition) is 5. The number of likely N-dealkylation sites (tertiary alicyclic amines) is 1. The van der Waals surface area contributed by atoms with Crippen molar-refractivity contribution in [3.63, 3.8) is 0 Å². The Morgan fingerprint density at radius 1 is 1.37 bits per heavy atom. The van der Waals surface area contributed by atoms with Crippen molar-refractivity contribution in [3.8, 4) is 6.07 Å². The Bertz CT molecular complexity index is 835. The first-order chi connectivity index (χ1) is 12.9. The Labute approximate surface area is 159 Å². The zero-order valence-electron chi connectivity index (χ0n) is 15.8. The highest BCUT2D eigenvalue weighted by Gasteiger charge is 2.43. The molecule has 0 saturated carbocycles. The lowest BCUT2D eigenvalue weighted by molar-refractivity contribution is -0.0862. The average Bonchev–Trinajstić information content (AvgIpc) is 2.64. The van der Waals surface area contributed by atoms with Crippen molar-refractivity contribution in [2.75, 3.05) is 33.7 Å². The van der Waals surface area contributed by atoms with Crippen LogP contribution in [0, 0.1) is 23.1 Å². The lowest BCUT2D eigenvalue weighted by Crippen LogP contribution is -2.52. The van der Waals surface area contributed by atoms with Crippen LogP contribution in [-0.4, -0.2) is 53.6 Å². The van der Waals surface area contributed by atoms with Crippen LogP contribution in [0.1, 0.15) is 23.1 Å². The van der Waals surface area contributed by atoms with E-state index in [4.69, 9.17) is 0 Å². The molecule has 1 saturated heterocycles. The first kappa shape index (κ1) is 19.4. The standard InChI is InChI=1S/C21H25FN4O/c1-25(2)14-19-15-26(13-17-9-20(22)12-24-11-17)7-6-21(19,27)18-5-3-4-16(8-18)10-23/h3-5,8-9,11-12,19,27H,6-7,13-15H2,1-2H3/t19-,21-/m0/s1. The average molecular weight is 368 g/mol. The molecule has 0 bridgehead atoms. The van der Waals surface area contributed by atoms with Crippen LogP contribution < -0.4 is 0 Å². The molecule has 1 N–H and O–H groups in total. The second kappa shape index (κ2) is 8.13. The zero-order chi connectivity index (χ0) is 19.4. The van der Waals surface area contributed by atoms with E-state index in [9.17, 15) is 14.8 Å². The zero-order valence-corrected chi connectivity index (χ0v) is 15.8. The molecule has 0 aliphatic carbocycles. The molecule has 1 aliphatic rings. The lowest BCUT2D eigenvalue weighted by Gasteiger charge is -2.46. The number of piperidine rings is 1. The molecule has 0 amide bonds. The van der Waals surface area contributed by atoms with Crippen LogP contribution in [-0.2, 0) is 12.1 Å². The highest BCUT2D eigenvalue weighted by atomic mass is 19.1.